The van der Waals surface area contributed by atoms with Crippen molar-refractivity contribution >= 4 is 32.5 Å². The van der Waals surface area contributed by atoms with Gasteiger partial charge in [0.1, 0.15) is 12.6 Å². The SMILES string of the molecule is C[C@@H](C#N)OC(=O)CN1c2cccc3cccc(c23)S1(=O)=O. The van der Waals surface area contributed by atoms with Crippen LogP contribution in [-0.4, -0.2) is 27.0 Å². The van der Waals surface area contributed by atoms with Crippen molar-refractivity contribution in [1.29, 1.82) is 5.26 Å². The second kappa shape index (κ2) is 5.00. The maximum Gasteiger partial charge on any atom is 0.328 e. The first-order valence-corrected chi connectivity index (χ1v) is 8.03. The first-order chi connectivity index (χ1) is 10.4. The van der Waals surface area contributed by atoms with Crippen molar-refractivity contribution in [2.75, 3.05) is 10.8 Å². The number of rotatable bonds is 3. The van der Waals surface area contributed by atoms with Gasteiger partial charge in [0.2, 0.25) is 0 Å². The number of hydrogen-bond acceptors (Lipinski definition) is 5. The third-order valence-corrected chi connectivity index (χ3v) is 5.25. The van der Waals surface area contributed by atoms with Crippen molar-refractivity contribution in [2.24, 2.45) is 0 Å². The van der Waals surface area contributed by atoms with Crippen molar-refractivity contribution in [3.8, 4) is 6.07 Å². The molecule has 1 aliphatic rings. The molecule has 0 aromatic heterocycles. The molecule has 2 aromatic rings. The van der Waals surface area contributed by atoms with Crippen molar-refractivity contribution in [3.05, 3.63) is 36.4 Å². The van der Waals surface area contributed by atoms with E-state index in [1.165, 1.54) is 13.0 Å². The van der Waals surface area contributed by atoms with Crippen LogP contribution >= 0.6 is 0 Å². The molecular formula is C15H12N2O4S. The van der Waals surface area contributed by atoms with Gasteiger partial charge in [-0.05, 0) is 24.4 Å². The summed E-state index contributed by atoms with van der Waals surface area (Å²) in [4.78, 5) is 12.0. The summed E-state index contributed by atoms with van der Waals surface area (Å²) in [5, 5.41) is 10.0. The average Bonchev–Trinajstić information content (AvgIpc) is 2.71. The summed E-state index contributed by atoms with van der Waals surface area (Å²) in [6, 6.07) is 12.0. The van der Waals surface area contributed by atoms with E-state index < -0.39 is 28.6 Å². The van der Waals surface area contributed by atoms with Crippen molar-refractivity contribution < 1.29 is 17.9 Å². The standard InChI is InChI=1S/C15H12N2O4S/c1-10(8-16)21-14(18)9-17-12-6-2-4-11-5-3-7-13(15(11)12)22(17,19)20/h2-7,10H,9H2,1H3/t10-/m0/s1. The zero-order valence-electron chi connectivity index (χ0n) is 11.7. The molecule has 6 nitrogen and oxygen atoms in total. The van der Waals surface area contributed by atoms with Crippen molar-refractivity contribution in [3.63, 3.8) is 0 Å². The van der Waals surface area contributed by atoms with E-state index in [2.05, 4.69) is 0 Å². The average molecular weight is 316 g/mol. The van der Waals surface area contributed by atoms with Crippen molar-refractivity contribution in [2.45, 2.75) is 17.9 Å². The maximum atomic E-state index is 12.6. The zero-order valence-corrected chi connectivity index (χ0v) is 12.5. The fourth-order valence-electron chi connectivity index (χ4n) is 2.51. The predicted octanol–water partition coefficient (Wildman–Crippen LogP) is 1.80. The Morgan fingerprint density at radius 3 is 2.68 bits per heavy atom. The Hall–Kier alpha value is -2.59. The van der Waals surface area contributed by atoms with Crippen LogP contribution in [0.15, 0.2) is 41.3 Å². The van der Waals surface area contributed by atoms with Crippen LogP contribution in [0, 0.1) is 11.3 Å². The predicted molar refractivity (Wildman–Crippen MR) is 79.6 cm³/mol. The fourth-order valence-corrected chi connectivity index (χ4v) is 4.16. The summed E-state index contributed by atoms with van der Waals surface area (Å²) in [6.07, 6.45) is -0.920. The number of esters is 1. The van der Waals surface area contributed by atoms with Gasteiger partial charge in [-0.1, -0.05) is 24.3 Å². The Kier molecular flexibility index (Phi) is 3.26. The van der Waals surface area contributed by atoms with Crippen LogP contribution < -0.4 is 4.31 Å². The quantitative estimate of drug-likeness (QED) is 0.806. The molecule has 0 amide bonds. The topological polar surface area (TPSA) is 87.5 Å². The Morgan fingerprint density at radius 2 is 2.00 bits per heavy atom. The van der Waals surface area contributed by atoms with Gasteiger partial charge in [0.05, 0.1) is 10.6 Å². The molecule has 1 atom stereocenters. The summed E-state index contributed by atoms with van der Waals surface area (Å²) in [7, 11) is -3.79. The lowest BCUT2D eigenvalue weighted by atomic mass is 10.1. The maximum absolute atomic E-state index is 12.6. The van der Waals surface area contributed by atoms with Crippen molar-refractivity contribution in [1.82, 2.24) is 0 Å². The van der Waals surface area contributed by atoms with E-state index in [0.29, 0.717) is 11.1 Å². The molecule has 1 heterocycles. The lowest BCUT2D eigenvalue weighted by molar-refractivity contribution is -0.143. The monoisotopic (exact) mass is 316 g/mol. The number of hydrogen-bond donors (Lipinski definition) is 0. The first kappa shape index (κ1) is 14.4. The number of carbonyl (C=O) groups is 1. The third kappa shape index (κ3) is 2.09. The third-order valence-electron chi connectivity index (χ3n) is 3.44. The van der Waals surface area contributed by atoms with E-state index in [4.69, 9.17) is 10.00 Å². The summed E-state index contributed by atoms with van der Waals surface area (Å²) in [6.45, 7) is 0.966. The Morgan fingerprint density at radius 1 is 1.32 bits per heavy atom. The number of anilines is 1. The lowest BCUT2D eigenvalue weighted by Gasteiger charge is -2.18. The number of ether oxygens (including phenoxy) is 1. The lowest BCUT2D eigenvalue weighted by Crippen LogP contribution is -2.34. The molecule has 0 aliphatic carbocycles. The van der Waals surface area contributed by atoms with Gasteiger partial charge < -0.3 is 4.74 Å². The van der Waals surface area contributed by atoms with Crippen LogP contribution in [0.4, 0.5) is 5.69 Å². The Bertz CT molecular complexity index is 910. The number of nitriles is 1. The molecule has 0 unspecified atom stereocenters. The molecular weight excluding hydrogens is 304 g/mol. The van der Waals surface area contributed by atoms with Gasteiger partial charge in [0, 0.05) is 5.39 Å². The van der Waals surface area contributed by atoms with E-state index in [9.17, 15) is 13.2 Å². The van der Waals surface area contributed by atoms with Gasteiger partial charge in [-0.2, -0.15) is 5.26 Å². The molecule has 0 spiro atoms. The van der Waals surface area contributed by atoms with Crippen LogP contribution in [0.1, 0.15) is 6.92 Å². The highest BCUT2D eigenvalue weighted by molar-refractivity contribution is 7.93. The minimum Gasteiger partial charge on any atom is -0.446 e. The minimum atomic E-state index is -3.79. The van der Waals surface area contributed by atoms with Gasteiger partial charge in [0.25, 0.3) is 10.0 Å². The summed E-state index contributed by atoms with van der Waals surface area (Å²) in [5.41, 5.74) is 0.453. The van der Waals surface area contributed by atoms with Crippen LogP contribution in [0.2, 0.25) is 0 Å². The van der Waals surface area contributed by atoms with Crippen LogP contribution in [0.25, 0.3) is 10.8 Å². The minimum absolute atomic E-state index is 0.182. The van der Waals surface area contributed by atoms with Crippen LogP contribution in [0.5, 0.6) is 0 Å². The number of carbonyl (C=O) groups excluding carboxylic acids is 1. The molecule has 22 heavy (non-hydrogen) atoms. The van der Waals surface area contributed by atoms with Crippen LogP contribution in [0.3, 0.4) is 0 Å². The Balaban J connectivity index is 2.03. The van der Waals surface area contributed by atoms with Gasteiger partial charge in [-0.25, -0.2) is 8.42 Å². The molecule has 0 bridgehead atoms. The Labute approximate surface area is 127 Å². The van der Waals surface area contributed by atoms with Gasteiger partial charge in [-0.3, -0.25) is 9.10 Å². The molecule has 0 N–H and O–H groups in total. The molecule has 7 heteroatoms. The number of benzene rings is 2. The molecule has 1 aliphatic heterocycles. The van der Waals surface area contributed by atoms with E-state index in [-0.39, 0.29) is 4.90 Å². The zero-order chi connectivity index (χ0) is 15.9. The molecule has 2 aromatic carbocycles. The van der Waals surface area contributed by atoms with Gasteiger partial charge >= 0.3 is 5.97 Å². The highest BCUT2D eigenvalue weighted by Crippen LogP contribution is 2.41. The fraction of sp³-hybridized carbons (Fsp3) is 0.200. The second-order valence-electron chi connectivity index (χ2n) is 4.90. The normalized spacial score (nSPS) is 16.3. The highest BCUT2D eigenvalue weighted by Gasteiger charge is 2.37. The van der Waals surface area contributed by atoms with E-state index in [0.717, 1.165) is 9.69 Å². The largest absolute Gasteiger partial charge is 0.446 e. The highest BCUT2D eigenvalue weighted by atomic mass is 32.2. The van der Waals surface area contributed by atoms with E-state index >= 15 is 0 Å². The molecule has 0 saturated heterocycles. The molecule has 0 saturated carbocycles. The van der Waals surface area contributed by atoms with Crippen LogP contribution in [-0.2, 0) is 19.6 Å². The molecule has 3 rings (SSSR count). The van der Waals surface area contributed by atoms with E-state index in [1.54, 1.807) is 24.3 Å². The first-order valence-electron chi connectivity index (χ1n) is 6.59. The number of sulfonamides is 1. The summed E-state index contributed by atoms with van der Waals surface area (Å²) < 4.78 is 31.1. The summed E-state index contributed by atoms with van der Waals surface area (Å²) >= 11 is 0. The molecule has 0 fully saturated rings. The summed E-state index contributed by atoms with van der Waals surface area (Å²) in [5.74, 6) is -0.762. The van der Waals surface area contributed by atoms with Gasteiger partial charge in [0.15, 0.2) is 6.10 Å². The second-order valence-corrected chi connectivity index (χ2v) is 6.74. The van der Waals surface area contributed by atoms with E-state index in [1.807, 2.05) is 12.1 Å². The number of nitrogens with zero attached hydrogens (tertiary/aromatic N) is 2. The smallest absolute Gasteiger partial charge is 0.328 e. The van der Waals surface area contributed by atoms with Gasteiger partial charge in [-0.15, -0.1) is 0 Å². The molecule has 0 radical (unpaired) electrons. The molecule has 112 valence electrons.